The van der Waals surface area contributed by atoms with E-state index in [0.29, 0.717) is 11.4 Å². The molecule has 0 unspecified atom stereocenters. The fourth-order valence-corrected chi connectivity index (χ4v) is 4.15. The lowest BCUT2D eigenvalue weighted by Crippen LogP contribution is -2.31. The number of rotatable bonds is 10. The Morgan fingerprint density at radius 1 is 0.939 bits per heavy atom. The molecule has 1 atom stereocenters. The molecule has 0 aliphatic rings. The summed E-state index contributed by atoms with van der Waals surface area (Å²) in [6, 6.07) is 23.3. The molecule has 33 heavy (non-hydrogen) atoms. The molecule has 0 heterocycles. The number of methoxy groups -OCH3 is 1. The van der Waals surface area contributed by atoms with Gasteiger partial charge in [0.25, 0.3) is 5.91 Å². The molecule has 0 spiro atoms. The van der Waals surface area contributed by atoms with Crippen LogP contribution in [0.2, 0.25) is 0 Å². The van der Waals surface area contributed by atoms with Crippen molar-refractivity contribution in [3.8, 4) is 11.5 Å². The van der Waals surface area contributed by atoms with Crippen molar-refractivity contribution in [2.45, 2.75) is 19.5 Å². The lowest BCUT2D eigenvalue weighted by molar-refractivity contribution is -0.123. The zero-order valence-electron chi connectivity index (χ0n) is 18.9. The molecule has 0 aliphatic carbocycles. The summed E-state index contributed by atoms with van der Waals surface area (Å²) in [5.74, 6) is 0.964. The smallest absolute Gasteiger partial charge is 0.258 e. The van der Waals surface area contributed by atoms with Crippen molar-refractivity contribution in [3.63, 3.8) is 0 Å². The molecule has 3 aromatic rings. The van der Waals surface area contributed by atoms with Gasteiger partial charge in [0.2, 0.25) is 10.0 Å². The summed E-state index contributed by atoms with van der Waals surface area (Å²) < 4.78 is 36.7. The maximum atomic E-state index is 12.3. The van der Waals surface area contributed by atoms with Crippen molar-refractivity contribution in [1.29, 1.82) is 0 Å². The van der Waals surface area contributed by atoms with Crippen LogP contribution in [0, 0.1) is 0 Å². The van der Waals surface area contributed by atoms with E-state index >= 15 is 0 Å². The van der Waals surface area contributed by atoms with Crippen LogP contribution in [0.5, 0.6) is 11.5 Å². The van der Waals surface area contributed by atoms with E-state index in [4.69, 9.17) is 9.47 Å². The fourth-order valence-electron chi connectivity index (χ4n) is 3.27. The zero-order valence-corrected chi connectivity index (χ0v) is 19.7. The minimum absolute atomic E-state index is 0.153. The van der Waals surface area contributed by atoms with Crippen LogP contribution in [0.15, 0.2) is 78.9 Å². The van der Waals surface area contributed by atoms with E-state index < -0.39 is 10.0 Å². The molecule has 3 aromatic carbocycles. The van der Waals surface area contributed by atoms with Gasteiger partial charge < -0.3 is 14.8 Å². The third-order valence-electron chi connectivity index (χ3n) is 5.06. The predicted molar refractivity (Wildman–Crippen MR) is 129 cm³/mol. The normalized spacial score (nSPS) is 12.0. The van der Waals surface area contributed by atoms with Crippen LogP contribution in [0.1, 0.15) is 24.1 Å². The molecular weight excluding hydrogens is 440 g/mol. The summed E-state index contributed by atoms with van der Waals surface area (Å²) in [6.45, 7) is 1.96. The van der Waals surface area contributed by atoms with Gasteiger partial charge in [0, 0.05) is 0 Å². The number of amides is 1. The molecule has 3 rings (SSSR count). The number of benzene rings is 3. The van der Waals surface area contributed by atoms with E-state index in [9.17, 15) is 13.2 Å². The first-order valence-corrected chi connectivity index (χ1v) is 12.3. The summed E-state index contributed by atoms with van der Waals surface area (Å²) >= 11 is 0. The number of anilines is 1. The Morgan fingerprint density at radius 3 is 2.12 bits per heavy atom. The van der Waals surface area contributed by atoms with Crippen molar-refractivity contribution in [2.75, 3.05) is 24.3 Å². The molecule has 0 saturated heterocycles. The molecule has 0 aliphatic heterocycles. The van der Waals surface area contributed by atoms with E-state index in [1.807, 2.05) is 61.5 Å². The summed E-state index contributed by atoms with van der Waals surface area (Å²) in [4.78, 5) is 12.3. The van der Waals surface area contributed by atoms with Gasteiger partial charge in [-0.25, -0.2) is 8.42 Å². The number of ether oxygens (including phenoxy) is 2. The Hall–Kier alpha value is -3.52. The molecule has 0 fully saturated rings. The van der Waals surface area contributed by atoms with E-state index in [0.717, 1.165) is 16.9 Å². The van der Waals surface area contributed by atoms with Gasteiger partial charge in [0.15, 0.2) is 6.61 Å². The number of sulfonamides is 1. The molecule has 174 valence electrons. The molecule has 8 heteroatoms. The van der Waals surface area contributed by atoms with Gasteiger partial charge in [-0.05, 0) is 54.4 Å². The van der Waals surface area contributed by atoms with E-state index in [1.165, 1.54) is 10.6 Å². The second kappa shape index (κ2) is 10.9. The van der Waals surface area contributed by atoms with Crippen LogP contribution in [0.4, 0.5) is 5.69 Å². The van der Waals surface area contributed by atoms with Crippen LogP contribution >= 0.6 is 0 Å². The van der Waals surface area contributed by atoms with Gasteiger partial charge in [-0.15, -0.1) is 0 Å². The van der Waals surface area contributed by atoms with Crippen molar-refractivity contribution < 1.29 is 22.7 Å². The van der Waals surface area contributed by atoms with Crippen molar-refractivity contribution >= 4 is 21.6 Å². The Balaban J connectivity index is 1.58. The van der Waals surface area contributed by atoms with Crippen LogP contribution in [-0.2, 0) is 21.4 Å². The Kier molecular flexibility index (Phi) is 7.95. The Labute approximate surface area is 195 Å². The second-order valence-corrected chi connectivity index (χ2v) is 9.51. The molecular formula is C25H28N2O5S. The Bertz CT molecular complexity index is 1150. The highest BCUT2D eigenvalue weighted by molar-refractivity contribution is 7.92. The summed E-state index contributed by atoms with van der Waals surface area (Å²) in [5.41, 5.74) is 2.35. The fraction of sp³-hybridized carbons (Fsp3) is 0.240. The van der Waals surface area contributed by atoms with Gasteiger partial charge in [0.05, 0.1) is 31.6 Å². The average molecular weight is 469 g/mol. The quantitative estimate of drug-likeness (QED) is 0.488. The third kappa shape index (κ3) is 6.98. The highest BCUT2D eigenvalue weighted by atomic mass is 32.2. The van der Waals surface area contributed by atoms with Crippen molar-refractivity contribution in [3.05, 3.63) is 90.0 Å². The minimum atomic E-state index is -3.48. The Morgan fingerprint density at radius 2 is 1.55 bits per heavy atom. The molecule has 0 saturated carbocycles. The van der Waals surface area contributed by atoms with Crippen LogP contribution in [-0.4, -0.2) is 34.3 Å². The van der Waals surface area contributed by atoms with E-state index in [-0.39, 0.29) is 25.1 Å². The van der Waals surface area contributed by atoms with Crippen molar-refractivity contribution in [2.24, 2.45) is 0 Å². The zero-order chi connectivity index (χ0) is 23.8. The molecule has 1 amide bonds. The molecule has 1 N–H and O–H groups in total. The van der Waals surface area contributed by atoms with E-state index in [1.54, 1.807) is 31.4 Å². The largest absolute Gasteiger partial charge is 0.497 e. The van der Waals surface area contributed by atoms with Gasteiger partial charge >= 0.3 is 0 Å². The highest BCUT2D eigenvalue weighted by Gasteiger charge is 2.18. The number of nitrogens with zero attached hydrogens (tertiary/aromatic N) is 1. The third-order valence-corrected chi connectivity index (χ3v) is 6.20. The standard InChI is InChI=1S/C25H28N2O5S/c1-19(21-9-13-23(31-2)14-10-21)26-25(28)18-32-24-15-11-22(12-16-24)27(33(3,29)30)17-20-7-5-4-6-8-20/h4-16,19H,17-18H2,1-3H3,(H,26,28)/t19-/m1/s1. The number of nitrogens with one attached hydrogen (secondary N) is 1. The molecule has 0 aromatic heterocycles. The van der Waals surface area contributed by atoms with Crippen LogP contribution < -0.4 is 19.1 Å². The molecule has 0 radical (unpaired) electrons. The average Bonchev–Trinajstić information content (AvgIpc) is 2.81. The first-order chi connectivity index (χ1) is 15.8. The van der Waals surface area contributed by atoms with Gasteiger partial charge in [-0.3, -0.25) is 9.10 Å². The van der Waals surface area contributed by atoms with Crippen LogP contribution in [0.3, 0.4) is 0 Å². The highest BCUT2D eigenvalue weighted by Crippen LogP contribution is 2.24. The number of hydrogen-bond donors (Lipinski definition) is 1. The summed E-state index contributed by atoms with van der Waals surface area (Å²) in [5, 5.41) is 2.89. The van der Waals surface area contributed by atoms with E-state index in [2.05, 4.69) is 5.32 Å². The number of carbonyl (C=O) groups excluding carboxylic acids is 1. The van der Waals surface area contributed by atoms with Gasteiger partial charge in [0.1, 0.15) is 11.5 Å². The number of carbonyl (C=O) groups is 1. The molecule has 7 nitrogen and oxygen atoms in total. The first-order valence-electron chi connectivity index (χ1n) is 10.4. The maximum absolute atomic E-state index is 12.3. The first kappa shape index (κ1) is 24.1. The lowest BCUT2D eigenvalue weighted by Gasteiger charge is -2.23. The SMILES string of the molecule is COc1ccc([C@@H](C)NC(=O)COc2ccc(N(Cc3ccccc3)S(C)(=O)=O)cc2)cc1. The van der Waals surface area contributed by atoms with Crippen LogP contribution in [0.25, 0.3) is 0 Å². The summed E-state index contributed by atoms with van der Waals surface area (Å²) in [7, 11) is -1.88. The monoisotopic (exact) mass is 468 g/mol. The van der Waals surface area contributed by atoms with Gasteiger partial charge in [-0.1, -0.05) is 42.5 Å². The predicted octanol–water partition coefficient (Wildman–Crippen LogP) is 3.92. The second-order valence-electron chi connectivity index (χ2n) is 7.60. The molecule has 0 bridgehead atoms. The van der Waals surface area contributed by atoms with Gasteiger partial charge in [-0.2, -0.15) is 0 Å². The van der Waals surface area contributed by atoms with Crippen molar-refractivity contribution in [1.82, 2.24) is 5.32 Å². The number of hydrogen-bond acceptors (Lipinski definition) is 5. The lowest BCUT2D eigenvalue weighted by atomic mass is 10.1. The minimum Gasteiger partial charge on any atom is -0.497 e. The maximum Gasteiger partial charge on any atom is 0.258 e. The topological polar surface area (TPSA) is 84.9 Å². The summed E-state index contributed by atoms with van der Waals surface area (Å²) in [6.07, 6.45) is 1.18.